The molecular formula is C27H33FN2O3S. The average Bonchev–Trinajstić information content (AvgIpc) is 3.26. The number of fused-ring (bicyclic) bond motifs is 1. The Hall–Kier alpha value is -2.51. The van der Waals surface area contributed by atoms with Gasteiger partial charge in [0.2, 0.25) is 0 Å². The van der Waals surface area contributed by atoms with E-state index >= 15 is 4.39 Å². The summed E-state index contributed by atoms with van der Waals surface area (Å²) < 4.78 is 20.7. The third-order valence-corrected chi connectivity index (χ3v) is 8.20. The standard InChI is InChI=1S/C27H33FN2O3S/c1-18-11-15-34-26(18)4-3-13-30-14-10-19(23(17-30)27(31)32)5-7-24(28)21-9-12-29-25-8-6-20(33-2)16-22(21)25/h6,8-9,11-12,15-16,19,23-24H,3-5,7,10,13-14,17H2,1-2H3,(H,31,32)/t19-,23+,24+/m1/s1. The number of methoxy groups -OCH3 is 1. The van der Waals surface area contributed by atoms with Crippen LogP contribution < -0.4 is 4.74 Å². The minimum absolute atomic E-state index is 0.00539. The van der Waals surface area contributed by atoms with Crippen molar-refractivity contribution in [2.24, 2.45) is 11.8 Å². The number of hydrogen-bond donors (Lipinski definition) is 1. The second-order valence-corrected chi connectivity index (χ2v) is 10.3. The molecule has 0 saturated carbocycles. The number of aliphatic carboxylic acids is 1. The van der Waals surface area contributed by atoms with Crippen molar-refractivity contribution in [3.8, 4) is 5.75 Å². The summed E-state index contributed by atoms with van der Waals surface area (Å²) in [4.78, 5) is 20.1. The van der Waals surface area contributed by atoms with Crippen LogP contribution in [0.25, 0.3) is 10.9 Å². The Labute approximate surface area is 204 Å². The van der Waals surface area contributed by atoms with Gasteiger partial charge in [-0.25, -0.2) is 4.39 Å². The SMILES string of the molecule is COc1ccc2nccc([C@@H](F)CC[C@@H]3CCN(CCCc4sccc4C)C[C@@H]3C(=O)O)c2c1. The van der Waals surface area contributed by atoms with Crippen LogP contribution in [-0.2, 0) is 11.2 Å². The fourth-order valence-electron chi connectivity index (χ4n) is 5.08. The third kappa shape index (κ3) is 5.76. The number of benzene rings is 1. The number of nitrogens with zero attached hydrogens (tertiary/aromatic N) is 2. The highest BCUT2D eigenvalue weighted by Crippen LogP contribution is 2.35. The summed E-state index contributed by atoms with van der Waals surface area (Å²) in [7, 11) is 1.59. The lowest BCUT2D eigenvalue weighted by Crippen LogP contribution is -2.44. The Bertz CT molecular complexity index is 1120. The molecule has 0 unspecified atom stereocenters. The first-order valence-corrected chi connectivity index (χ1v) is 12.9. The number of ether oxygens (including phenoxy) is 1. The lowest BCUT2D eigenvalue weighted by Gasteiger charge is -2.37. The normalized spacial score (nSPS) is 19.9. The van der Waals surface area contributed by atoms with E-state index in [0.717, 1.165) is 43.3 Å². The van der Waals surface area contributed by atoms with Crippen molar-refractivity contribution in [3.05, 3.63) is 57.9 Å². The third-order valence-electron chi connectivity index (χ3n) is 7.11. The van der Waals surface area contributed by atoms with Crippen molar-refractivity contribution in [1.82, 2.24) is 9.88 Å². The van der Waals surface area contributed by atoms with Crippen molar-refractivity contribution in [1.29, 1.82) is 0 Å². The van der Waals surface area contributed by atoms with Gasteiger partial charge in [-0.1, -0.05) is 0 Å². The predicted octanol–water partition coefficient (Wildman–Crippen LogP) is 6.06. The Morgan fingerprint density at radius 1 is 1.35 bits per heavy atom. The van der Waals surface area contributed by atoms with E-state index in [2.05, 4.69) is 28.3 Å². The number of alkyl halides is 1. The van der Waals surface area contributed by atoms with Crippen LogP contribution in [0.15, 0.2) is 41.9 Å². The number of carboxylic acid groups (broad SMARTS) is 1. The lowest BCUT2D eigenvalue weighted by molar-refractivity contribution is -0.146. The number of carboxylic acids is 1. The molecule has 3 atom stereocenters. The van der Waals surface area contributed by atoms with E-state index in [1.165, 1.54) is 10.4 Å². The van der Waals surface area contributed by atoms with Gasteiger partial charge in [-0.05, 0) is 105 Å². The smallest absolute Gasteiger partial charge is 0.308 e. The molecule has 1 fully saturated rings. The predicted molar refractivity (Wildman–Crippen MR) is 134 cm³/mol. The number of carbonyl (C=O) groups is 1. The molecular weight excluding hydrogens is 451 g/mol. The molecule has 1 aliphatic heterocycles. The van der Waals surface area contributed by atoms with E-state index in [4.69, 9.17) is 4.74 Å². The molecule has 1 saturated heterocycles. The van der Waals surface area contributed by atoms with Gasteiger partial charge in [0, 0.05) is 23.0 Å². The summed E-state index contributed by atoms with van der Waals surface area (Å²) in [6, 6.07) is 9.34. The zero-order valence-electron chi connectivity index (χ0n) is 19.9. The molecule has 2 aromatic heterocycles. The van der Waals surface area contributed by atoms with Gasteiger partial charge in [-0.15, -0.1) is 11.3 Å². The number of pyridine rings is 1. The average molecular weight is 485 g/mol. The number of halogens is 1. The van der Waals surface area contributed by atoms with Crippen LogP contribution >= 0.6 is 11.3 Å². The molecule has 0 aliphatic carbocycles. The Kier molecular flexibility index (Phi) is 8.16. The molecule has 182 valence electrons. The van der Waals surface area contributed by atoms with Crippen LogP contribution in [0.2, 0.25) is 0 Å². The van der Waals surface area contributed by atoms with E-state index in [-0.39, 0.29) is 5.92 Å². The van der Waals surface area contributed by atoms with Crippen LogP contribution in [0.1, 0.15) is 47.9 Å². The maximum atomic E-state index is 15.4. The van der Waals surface area contributed by atoms with E-state index < -0.39 is 18.1 Å². The van der Waals surface area contributed by atoms with E-state index in [0.29, 0.717) is 30.7 Å². The van der Waals surface area contributed by atoms with Gasteiger partial charge in [-0.2, -0.15) is 0 Å². The minimum atomic E-state index is -1.17. The molecule has 1 aromatic carbocycles. The van der Waals surface area contributed by atoms with E-state index in [1.54, 1.807) is 30.7 Å². The molecule has 5 nitrogen and oxygen atoms in total. The maximum absolute atomic E-state index is 15.4. The van der Waals surface area contributed by atoms with Gasteiger partial charge in [0.15, 0.2) is 0 Å². The molecule has 3 aromatic rings. The molecule has 0 spiro atoms. The summed E-state index contributed by atoms with van der Waals surface area (Å²) in [5, 5.41) is 12.8. The Morgan fingerprint density at radius 2 is 2.21 bits per heavy atom. The summed E-state index contributed by atoms with van der Waals surface area (Å²) in [6.45, 7) is 4.48. The first-order chi connectivity index (χ1) is 16.5. The van der Waals surface area contributed by atoms with Crippen LogP contribution in [-0.4, -0.2) is 47.7 Å². The molecule has 3 heterocycles. The van der Waals surface area contributed by atoms with Crippen LogP contribution in [0.3, 0.4) is 0 Å². The van der Waals surface area contributed by atoms with Crippen molar-refractivity contribution in [3.63, 3.8) is 0 Å². The van der Waals surface area contributed by atoms with Crippen molar-refractivity contribution < 1.29 is 19.0 Å². The van der Waals surface area contributed by atoms with Crippen molar-refractivity contribution in [2.75, 3.05) is 26.7 Å². The second kappa shape index (κ2) is 11.3. The molecule has 0 bridgehead atoms. The maximum Gasteiger partial charge on any atom is 0.308 e. The molecule has 1 N–H and O–H groups in total. The molecule has 1 aliphatic rings. The number of hydrogen-bond acceptors (Lipinski definition) is 5. The monoisotopic (exact) mass is 484 g/mol. The minimum Gasteiger partial charge on any atom is -0.497 e. The van der Waals surface area contributed by atoms with Crippen LogP contribution in [0.5, 0.6) is 5.75 Å². The first kappa shape index (κ1) is 24.6. The number of aromatic nitrogens is 1. The highest BCUT2D eigenvalue weighted by Gasteiger charge is 2.34. The highest BCUT2D eigenvalue weighted by atomic mass is 32.1. The molecule has 4 rings (SSSR count). The van der Waals surface area contributed by atoms with Crippen molar-refractivity contribution in [2.45, 2.75) is 45.2 Å². The fourth-order valence-corrected chi connectivity index (χ4v) is 6.04. The van der Waals surface area contributed by atoms with E-state index in [1.807, 2.05) is 18.2 Å². The summed E-state index contributed by atoms with van der Waals surface area (Å²) in [6.07, 6.45) is 4.20. The highest BCUT2D eigenvalue weighted by molar-refractivity contribution is 7.10. The Morgan fingerprint density at radius 3 is 2.94 bits per heavy atom. The quantitative estimate of drug-likeness (QED) is 0.379. The molecule has 0 radical (unpaired) electrons. The number of rotatable bonds is 10. The molecule has 0 amide bonds. The molecule has 7 heteroatoms. The summed E-state index contributed by atoms with van der Waals surface area (Å²) in [5.74, 6) is -0.548. The first-order valence-electron chi connectivity index (χ1n) is 12.0. The fraction of sp³-hybridized carbons (Fsp3) is 0.481. The van der Waals surface area contributed by atoms with Gasteiger partial charge in [0.25, 0.3) is 0 Å². The summed E-state index contributed by atoms with van der Waals surface area (Å²) >= 11 is 1.79. The zero-order chi connectivity index (χ0) is 24.1. The van der Waals surface area contributed by atoms with Gasteiger partial charge in [0.1, 0.15) is 11.9 Å². The topological polar surface area (TPSA) is 62.7 Å². The van der Waals surface area contributed by atoms with Gasteiger partial charge in [0.05, 0.1) is 18.5 Å². The number of likely N-dealkylation sites (tertiary alicyclic amines) is 1. The molecule has 34 heavy (non-hydrogen) atoms. The largest absolute Gasteiger partial charge is 0.497 e. The van der Waals surface area contributed by atoms with Crippen LogP contribution in [0.4, 0.5) is 4.39 Å². The van der Waals surface area contributed by atoms with Gasteiger partial charge < -0.3 is 14.7 Å². The zero-order valence-corrected chi connectivity index (χ0v) is 20.7. The Balaban J connectivity index is 1.34. The lowest BCUT2D eigenvalue weighted by atomic mass is 9.81. The van der Waals surface area contributed by atoms with Gasteiger partial charge in [-0.3, -0.25) is 9.78 Å². The van der Waals surface area contributed by atoms with Crippen molar-refractivity contribution >= 4 is 28.2 Å². The van der Waals surface area contributed by atoms with E-state index in [9.17, 15) is 9.90 Å². The van der Waals surface area contributed by atoms with Crippen LogP contribution in [0, 0.1) is 18.8 Å². The second-order valence-electron chi connectivity index (χ2n) is 9.25. The van der Waals surface area contributed by atoms with Gasteiger partial charge >= 0.3 is 5.97 Å². The number of piperidine rings is 1. The summed E-state index contributed by atoms with van der Waals surface area (Å²) in [5.41, 5.74) is 2.67. The number of aryl methyl sites for hydroxylation is 2. The number of thiophene rings is 1.